The zero-order valence-corrected chi connectivity index (χ0v) is 22.3. The van der Waals surface area contributed by atoms with Crippen LogP contribution in [0.5, 0.6) is 11.5 Å². The highest BCUT2D eigenvalue weighted by atomic mass is 19.4. The minimum absolute atomic E-state index is 0.0564. The topological polar surface area (TPSA) is 52.6 Å². The Kier molecular flexibility index (Phi) is 7.59. The van der Waals surface area contributed by atoms with Gasteiger partial charge in [0.2, 0.25) is 0 Å². The second kappa shape index (κ2) is 11.0. The molecule has 43 heavy (non-hydrogen) atoms. The number of benzene rings is 5. The number of halogens is 7. The maximum atomic E-state index is 14.2. The molecular formula is C32H19F7O4. The maximum Gasteiger partial charge on any atom is 0.420 e. The van der Waals surface area contributed by atoms with E-state index in [0.717, 1.165) is 17.5 Å². The van der Waals surface area contributed by atoms with E-state index in [1.807, 2.05) is 0 Å². The molecule has 0 aliphatic heterocycles. The predicted octanol–water partition coefficient (Wildman–Crippen LogP) is 8.88. The number of fused-ring (bicyclic) bond motifs is 2. The third kappa shape index (κ3) is 5.26. The summed E-state index contributed by atoms with van der Waals surface area (Å²) in [6, 6.07) is 12.8. The van der Waals surface area contributed by atoms with Crippen molar-refractivity contribution in [2.24, 2.45) is 0 Å². The Morgan fingerprint density at radius 1 is 0.721 bits per heavy atom. The molecule has 0 saturated heterocycles. The number of ether oxygens (including phenoxy) is 2. The Morgan fingerprint density at radius 2 is 1.33 bits per heavy atom. The van der Waals surface area contributed by atoms with Gasteiger partial charge in [-0.25, -0.2) is 27.2 Å². The molecule has 0 heterocycles. The Morgan fingerprint density at radius 3 is 1.95 bits per heavy atom. The molecule has 0 saturated carbocycles. The lowest BCUT2D eigenvalue weighted by atomic mass is 9.90. The number of hydrogen-bond acceptors (Lipinski definition) is 4. The van der Waals surface area contributed by atoms with Gasteiger partial charge in [0.25, 0.3) is 0 Å². The summed E-state index contributed by atoms with van der Waals surface area (Å²) >= 11 is 0. The summed E-state index contributed by atoms with van der Waals surface area (Å²) in [6.45, 7) is 3.45. The Labute approximate surface area is 239 Å². The van der Waals surface area contributed by atoms with Crippen LogP contribution in [0.4, 0.5) is 30.7 Å². The molecule has 5 rings (SSSR count). The number of carbonyl (C=O) groups excluding carboxylic acids is 2. The number of hydrogen-bond donors (Lipinski definition) is 0. The molecule has 0 aliphatic carbocycles. The van der Waals surface area contributed by atoms with E-state index in [4.69, 9.17) is 9.47 Å². The summed E-state index contributed by atoms with van der Waals surface area (Å²) in [7, 11) is 0. The fourth-order valence-electron chi connectivity index (χ4n) is 5.05. The minimum atomic E-state index is -5.41. The Bertz CT molecular complexity index is 1950. The quantitative estimate of drug-likeness (QED) is 0.0876. The van der Waals surface area contributed by atoms with Gasteiger partial charge in [0.05, 0.1) is 11.1 Å². The number of carbonyl (C=O) groups is 2. The predicted molar refractivity (Wildman–Crippen MR) is 143 cm³/mol. The van der Waals surface area contributed by atoms with Gasteiger partial charge in [0.15, 0.2) is 23.3 Å². The van der Waals surface area contributed by atoms with Crippen LogP contribution in [-0.2, 0) is 12.6 Å². The van der Waals surface area contributed by atoms with Crippen molar-refractivity contribution in [3.05, 3.63) is 118 Å². The summed E-state index contributed by atoms with van der Waals surface area (Å²) < 4.78 is 107. The number of aryl methyl sites for hydroxylation is 2. The van der Waals surface area contributed by atoms with Crippen LogP contribution in [0.2, 0.25) is 0 Å². The van der Waals surface area contributed by atoms with Gasteiger partial charge >= 0.3 is 18.1 Å². The van der Waals surface area contributed by atoms with E-state index < -0.39 is 52.5 Å². The molecule has 0 N–H and O–H groups in total. The van der Waals surface area contributed by atoms with Crippen molar-refractivity contribution >= 4 is 33.5 Å². The van der Waals surface area contributed by atoms with Crippen molar-refractivity contribution in [3.8, 4) is 11.5 Å². The highest BCUT2D eigenvalue weighted by Crippen LogP contribution is 2.43. The van der Waals surface area contributed by atoms with Gasteiger partial charge in [-0.15, -0.1) is 0 Å². The van der Waals surface area contributed by atoms with Crippen LogP contribution >= 0.6 is 0 Å². The van der Waals surface area contributed by atoms with E-state index in [9.17, 15) is 40.3 Å². The zero-order chi connectivity index (χ0) is 31.2. The number of esters is 2. The number of rotatable bonds is 5. The molecule has 0 unspecified atom stereocenters. The summed E-state index contributed by atoms with van der Waals surface area (Å²) in [5.74, 6) is -9.42. The first-order valence-electron chi connectivity index (χ1n) is 12.7. The van der Waals surface area contributed by atoms with Crippen molar-refractivity contribution in [3.63, 3.8) is 0 Å². The molecule has 0 spiro atoms. The second-order valence-corrected chi connectivity index (χ2v) is 9.50. The summed E-state index contributed by atoms with van der Waals surface area (Å²) in [5.41, 5.74) is -2.54. The SMILES string of the molecule is CCc1c2ccccc2c(C)c2c(OC(=O)c3ccc(F)c(F)c3C(F)(F)F)ccc(OC(=O)c3ccc(F)c(F)c3)c12. The first-order chi connectivity index (χ1) is 20.3. The van der Waals surface area contributed by atoms with E-state index in [2.05, 4.69) is 0 Å². The normalized spacial score (nSPS) is 11.7. The minimum Gasteiger partial charge on any atom is -0.422 e. The van der Waals surface area contributed by atoms with Crippen molar-refractivity contribution in [1.29, 1.82) is 0 Å². The van der Waals surface area contributed by atoms with Crippen LogP contribution in [0.25, 0.3) is 21.5 Å². The summed E-state index contributed by atoms with van der Waals surface area (Å²) in [4.78, 5) is 26.0. The standard InChI is InChI=1S/C32H19F7O4/c1-3-17-19-7-5-4-6-18(19)15(2)26-24(43-31(41)20-9-11-22(34)29(36)28(20)32(37,38)39)12-13-25(27(17)26)42-30(40)16-8-10-21(33)23(35)14-16/h4-14H,3H2,1-2H3. The molecule has 5 aromatic carbocycles. The van der Waals surface area contributed by atoms with Crippen LogP contribution in [0, 0.1) is 30.2 Å². The second-order valence-electron chi connectivity index (χ2n) is 9.50. The molecule has 5 aromatic rings. The first kappa shape index (κ1) is 29.6. The van der Waals surface area contributed by atoms with Gasteiger partial charge in [-0.2, -0.15) is 13.2 Å². The fourth-order valence-corrected chi connectivity index (χ4v) is 5.05. The largest absolute Gasteiger partial charge is 0.422 e. The molecule has 0 bridgehead atoms. The van der Waals surface area contributed by atoms with Gasteiger partial charge in [0.1, 0.15) is 17.1 Å². The highest BCUT2D eigenvalue weighted by molar-refractivity contribution is 6.12. The molecule has 0 atom stereocenters. The van der Waals surface area contributed by atoms with Gasteiger partial charge in [0, 0.05) is 10.8 Å². The third-order valence-electron chi connectivity index (χ3n) is 6.97. The molecule has 220 valence electrons. The van der Waals surface area contributed by atoms with Crippen LogP contribution in [0.3, 0.4) is 0 Å². The average Bonchev–Trinajstić information content (AvgIpc) is 2.96. The lowest BCUT2D eigenvalue weighted by Gasteiger charge is -2.20. The van der Waals surface area contributed by atoms with Gasteiger partial charge in [-0.3, -0.25) is 0 Å². The van der Waals surface area contributed by atoms with Crippen molar-refractivity contribution in [1.82, 2.24) is 0 Å². The molecule has 0 aliphatic rings. The first-order valence-corrected chi connectivity index (χ1v) is 12.7. The van der Waals surface area contributed by atoms with E-state index >= 15 is 0 Å². The highest BCUT2D eigenvalue weighted by Gasteiger charge is 2.40. The molecule has 11 heteroatoms. The fraction of sp³-hybridized carbons (Fsp3) is 0.125. The molecule has 0 radical (unpaired) electrons. The zero-order valence-electron chi connectivity index (χ0n) is 22.3. The Hall–Kier alpha value is -4.93. The van der Waals surface area contributed by atoms with Crippen molar-refractivity contribution in [2.75, 3.05) is 0 Å². The molecule has 4 nitrogen and oxygen atoms in total. The van der Waals surface area contributed by atoms with Crippen LogP contribution in [-0.4, -0.2) is 11.9 Å². The van der Waals surface area contributed by atoms with Gasteiger partial charge in [-0.05, 0) is 77.7 Å². The van der Waals surface area contributed by atoms with E-state index in [1.54, 1.807) is 38.1 Å². The van der Waals surface area contributed by atoms with Gasteiger partial charge < -0.3 is 9.47 Å². The summed E-state index contributed by atoms with van der Waals surface area (Å²) in [5, 5.41) is 1.89. The van der Waals surface area contributed by atoms with E-state index in [1.165, 1.54) is 12.1 Å². The maximum absolute atomic E-state index is 14.2. The Balaban J connectivity index is 1.71. The van der Waals surface area contributed by atoms with E-state index in [0.29, 0.717) is 41.1 Å². The van der Waals surface area contributed by atoms with Crippen LogP contribution in [0.1, 0.15) is 44.3 Å². The lowest BCUT2D eigenvalue weighted by molar-refractivity contribution is -0.140. The van der Waals surface area contributed by atoms with Crippen LogP contribution in [0.15, 0.2) is 66.7 Å². The van der Waals surface area contributed by atoms with Gasteiger partial charge in [-0.1, -0.05) is 31.2 Å². The molecule has 0 fully saturated rings. The van der Waals surface area contributed by atoms with E-state index in [-0.39, 0.29) is 27.8 Å². The molecule has 0 aromatic heterocycles. The lowest BCUT2D eigenvalue weighted by Crippen LogP contribution is -2.20. The molecular weight excluding hydrogens is 581 g/mol. The van der Waals surface area contributed by atoms with Crippen molar-refractivity contribution in [2.45, 2.75) is 26.4 Å². The third-order valence-corrected chi connectivity index (χ3v) is 6.97. The van der Waals surface area contributed by atoms with Crippen molar-refractivity contribution < 1.29 is 49.8 Å². The average molecular weight is 600 g/mol. The van der Waals surface area contributed by atoms with Crippen LogP contribution < -0.4 is 9.47 Å². The smallest absolute Gasteiger partial charge is 0.420 e. The monoisotopic (exact) mass is 600 g/mol. The molecule has 0 amide bonds. The number of alkyl halides is 3. The summed E-state index contributed by atoms with van der Waals surface area (Å²) in [6.07, 6.45) is -5.06.